The number of Topliss-reactive ketones (excluding diaryl/α,β-unsaturated/α-hetero) is 1. The summed E-state index contributed by atoms with van der Waals surface area (Å²) in [6.45, 7) is 0.382. The van der Waals surface area contributed by atoms with Crippen LogP contribution >= 0.6 is 0 Å². The van der Waals surface area contributed by atoms with Crippen molar-refractivity contribution in [2.45, 2.75) is 6.54 Å². The molecule has 2 rings (SSSR count). The van der Waals surface area contributed by atoms with Crippen molar-refractivity contribution in [2.24, 2.45) is 0 Å². The summed E-state index contributed by atoms with van der Waals surface area (Å²) < 4.78 is 1.81. The van der Waals surface area contributed by atoms with Gasteiger partial charge in [0, 0.05) is 5.56 Å². The van der Waals surface area contributed by atoms with Crippen molar-refractivity contribution in [3.63, 3.8) is 0 Å². The van der Waals surface area contributed by atoms with Gasteiger partial charge in [0.1, 0.15) is 12.4 Å². The lowest BCUT2D eigenvalue weighted by molar-refractivity contribution is -0.681. The molecule has 1 aromatic heterocycles. The van der Waals surface area contributed by atoms with E-state index >= 15 is 0 Å². The molecular weight excluding hydrogens is 212 g/mol. The molecule has 0 spiro atoms. The van der Waals surface area contributed by atoms with Crippen LogP contribution in [0.4, 0.5) is 0 Å². The van der Waals surface area contributed by atoms with Gasteiger partial charge in [-0.25, -0.2) is 4.57 Å². The second-order valence-corrected chi connectivity index (χ2v) is 3.07. The van der Waals surface area contributed by atoms with Gasteiger partial charge in [0.25, 0.3) is 0 Å². The lowest BCUT2D eigenvalue weighted by Crippen LogP contribution is -3.00. The molecule has 78 valence electrons. The highest BCUT2D eigenvalue weighted by Crippen LogP contribution is 1.99. The lowest BCUT2D eigenvalue weighted by Gasteiger charge is -1.96. The van der Waals surface area contributed by atoms with Gasteiger partial charge in [-0.15, -0.1) is 0 Å². The Morgan fingerprint density at radius 2 is 2.00 bits per heavy atom. The minimum atomic E-state index is 0. The van der Waals surface area contributed by atoms with Crippen molar-refractivity contribution in [3.05, 3.63) is 54.6 Å². The van der Waals surface area contributed by atoms with Crippen LogP contribution in [0.2, 0.25) is 0 Å². The Labute approximate surface area is 94.2 Å². The minimum absolute atomic E-state index is 0. The number of hydrogen-bond donors (Lipinski definition) is 1. The monoisotopic (exact) mass is 222 g/mol. The highest BCUT2D eigenvalue weighted by molar-refractivity contribution is 5.94. The summed E-state index contributed by atoms with van der Waals surface area (Å²) in [5.74, 6) is 0.121. The molecule has 0 unspecified atom stereocenters. The Balaban J connectivity index is 0.00000112. The number of H-pyrrole nitrogens is 1. The van der Waals surface area contributed by atoms with E-state index in [9.17, 15) is 4.79 Å². The number of nitrogens with one attached hydrogen (secondary N) is 1. The van der Waals surface area contributed by atoms with Crippen LogP contribution in [0.1, 0.15) is 10.4 Å². The van der Waals surface area contributed by atoms with Gasteiger partial charge in [0.05, 0.1) is 0 Å². The summed E-state index contributed by atoms with van der Waals surface area (Å²) in [5, 5.41) is 0. The number of aromatic nitrogens is 2. The number of nitrogens with zero attached hydrogens (tertiary/aromatic N) is 1. The summed E-state index contributed by atoms with van der Waals surface area (Å²) in [5.41, 5.74) is 0.751. The Morgan fingerprint density at radius 1 is 1.27 bits per heavy atom. The smallest absolute Gasteiger partial charge is 0.241 e. The zero-order valence-corrected chi connectivity index (χ0v) is 8.82. The van der Waals surface area contributed by atoms with Crippen molar-refractivity contribution in [2.75, 3.05) is 0 Å². The average molecular weight is 223 g/mol. The van der Waals surface area contributed by atoms with E-state index in [0.717, 1.165) is 5.56 Å². The summed E-state index contributed by atoms with van der Waals surface area (Å²) >= 11 is 0. The van der Waals surface area contributed by atoms with Crippen LogP contribution in [-0.4, -0.2) is 10.8 Å². The Kier molecular flexibility index (Phi) is 4.06. The van der Waals surface area contributed by atoms with Gasteiger partial charge < -0.3 is 12.4 Å². The van der Waals surface area contributed by atoms with Crippen molar-refractivity contribution in [1.82, 2.24) is 4.98 Å². The van der Waals surface area contributed by atoms with Crippen molar-refractivity contribution >= 4 is 5.78 Å². The minimum Gasteiger partial charge on any atom is -1.00 e. The van der Waals surface area contributed by atoms with E-state index in [2.05, 4.69) is 4.98 Å². The third-order valence-corrected chi connectivity index (χ3v) is 2.02. The third-order valence-electron chi connectivity index (χ3n) is 2.02. The Morgan fingerprint density at radius 3 is 2.60 bits per heavy atom. The topological polar surface area (TPSA) is 36.7 Å². The summed E-state index contributed by atoms with van der Waals surface area (Å²) in [4.78, 5) is 14.6. The lowest BCUT2D eigenvalue weighted by atomic mass is 10.1. The number of benzene rings is 1. The van der Waals surface area contributed by atoms with Gasteiger partial charge in [0.2, 0.25) is 12.1 Å². The highest BCUT2D eigenvalue weighted by atomic mass is 35.5. The quantitative estimate of drug-likeness (QED) is 0.483. The van der Waals surface area contributed by atoms with Crippen LogP contribution in [0.25, 0.3) is 0 Å². The molecule has 1 heterocycles. The molecule has 3 nitrogen and oxygen atoms in total. The summed E-state index contributed by atoms with van der Waals surface area (Å²) in [6.07, 6.45) is 5.39. The molecule has 2 aromatic rings. The van der Waals surface area contributed by atoms with Crippen LogP contribution in [0.3, 0.4) is 0 Å². The van der Waals surface area contributed by atoms with E-state index in [0.29, 0.717) is 6.54 Å². The predicted octanol–water partition coefficient (Wildman–Crippen LogP) is -1.81. The maximum atomic E-state index is 11.7. The van der Waals surface area contributed by atoms with Gasteiger partial charge in [-0.3, -0.25) is 9.78 Å². The Hall–Kier alpha value is -1.61. The largest absolute Gasteiger partial charge is 1.00 e. The number of rotatable bonds is 3. The molecule has 0 saturated heterocycles. The fourth-order valence-electron chi connectivity index (χ4n) is 1.30. The second kappa shape index (κ2) is 5.32. The van der Waals surface area contributed by atoms with E-state index in [4.69, 9.17) is 0 Å². The maximum Gasteiger partial charge on any atom is 0.241 e. The van der Waals surface area contributed by atoms with Crippen molar-refractivity contribution < 1.29 is 21.8 Å². The first-order valence-electron chi connectivity index (χ1n) is 4.46. The molecule has 0 saturated carbocycles. The zero-order chi connectivity index (χ0) is 9.80. The molecule has 0 atom stereocenters. The number of ketones is 1. The molecule has 0 bridgehead atoms. The van der Waals surface area contributed by atoms with Gasteiger partial charge >= 0.3 is 0 Å². The number of halogens is 1. The normalized spacial score (nSPS) is 9.33. The van der Waals surface area contributed by atoms with Crippen LogP contribution in [0.5, 0.6) is 0 Å². The molecule has 1 aromatic carbocycles. The fraction of sp³-hybridized carbons (Fsp3) is 0.0909. The van der Waals surface area contributed by atoms with Gasteiger partial charge in [-0.05, 0) is 0 Å². The first-order valence-corrected chi connectivity index (χ1v) is 4.46. The molecule has 15 heavy (non-hydrogen) atoms. The van der Waals surface area contributed by atoms with Crippen LogP contribution < -0.4 is 17.0 Å². The van der Waals surface area contributed by atoms with Gasteiger partial charge in [-0.1, -0.05) is 30.3 Å². The van der Waals surface area contributed by atoms with Crippen molar-refractivity contribution in [3.8, 4) is 0 Å². The molecule has 0 aliphatic rings. The molecule has 1 N–H and O–H groups in total. The zero-order valence-electron chi connectivity index (χ0n) is 8.06. The molecule has 4 heteroatoms. The van der Waals surface area contributed by atoms with Gasteiger partial charge in [-0.2, -0.15) is 0 Å². The number of carbonyl (C=O) groups excluding carboxylic acids is 1. The third kappa shape index (κ3) is 2.92. The number of aromatic amines is 1. The van der Waals surface area contributed by atoms with E-state index in [1.54, 1.807) is 12.5 Å². The fourth-order valence-corrected chi connectivity index (χ4v) is 1.30. The van der Waals surface area contributed by atoms with E-state index in [1.165, 1.54) is 0 Å². The number of carbonyl (C=O) groups is 1. The van der Waals surface area contributed by atoms with Crippen LogP contribution in [0, 0.1) is 0 Å². The van der Waals surface area contributed by atoms with Gasteiger partial charge in [0.15, 0.2) is 6.54 Å². The first kappa shape index (κ1) is 11.5. The SMILES string of the molecule is O=C(C[n+]1cc[nH]c1)c1ccccc1.[Cl-]. The van der Waals surface area contributed by atoms with E-state index in [1.807, 2.05) is 41.1 Å². The van der Waals surface area contributed by atoms with E-state index < -0.39 is 0 Å². The summed E-state index contributed by atoms with van der Waals surface area (Å²) in [6, 6.07) is 9.30. The first-order chi connectivity index (χ1) is 6.86. The molecule has 0 fully saturated rings. The standard InChI is InChI=1S/C11H10N2O.ClH/c14-11(8-13-7-6-12-9-13)10-4-2-1-3-5-10;/h1-7,9H,8H2;1H. The molecular formula is C11H11ClN2O. The molecule has 0 radical (unpaired) electrons. The predicted molar refractivity (Wildman–Crippen MR) is 51.8 cm³/mol. The Bertz CT molecular complexity index is 411. The van der Waals surface area contributed by atoms with Crippen molar-refractivity contribution in [1.29, 1.82) is 0 Å². The number of hydrogen-bond acceptors (Lipinski definition) is 1. The second-order valence-electron chi connectivity index (χ2n) is 3.07. The van der Waals surface area contributed by atoms with Crippen LogP contribution in [-0.2, 0) is 6.54 Å². The maximum absolute atomic E-state index is 11.7. The molecule has 0 aliphatic heterocycles. The van der Waals surface area contributed by atoms with Crippen LogP contribution in [0.15, 0.2) is 49.1 Å². The number of imidazole rings is 1. The highest BCUT2D eigenvalue weighted by Gasteiger charge is 2.08. The average Bonchev–Trinajstić information content (AvgIpc) is 2.72. The molecule has 0 aliphatic carbocycles. The summed E-state index contributed by atoms with van der Waals surface area (Å²) in [7, 11) is 0. The van der Waals surface area contributed by atoms with E-state index in [-0.39, 0.29) is 18.2 Å². The molecule has 0 amide bonds.